The summed E-state index contributed by atoms with van der Waals surface area (Å²) in [5, 5.41) is 0.921. The van der Waals surface area contributed by atoms with E-state index in [1.807, 2.05) is 6.07 Å². The summed E-state index contributed by atoms with van der Waals surface area (Å²) in [7, 11) is 0. The molecule has 0 saturated carbocycles. The molecule has 12 heavy (non-hydrogen) atoms. The SMILES string of the molecule is Fc1cccc2c(CS)c[nH]c12. The van der Waals surface area contributed by atoms with Crippen LogP contribution in [0.2, 0.25) is 0 Å². The lowest BCUT2D eigenvalue weighted by atomic mass is 10.2. The summed E-state index contributed by atoms with van der Waals surface area (Å²) in [6, 6.07) is 5.04. The van der Waals surface area contributed by atoms with Gasteiger partial charge in [0.25, 0.3) is 0 Å². The zero-order valence-corrected chi connectivity index (χ0v) is 7.24. The Hall–Kier alpha value is -0.960. The van der Waals surface area contributed by atoms with Crippen molar-refractivity contribution < 1.29 is 4.39 Å². The first-order valence-corrected chi connectivity index (χ1v) is 4.31. The zero-order valence-electron chi connectivity index (χ0n) is 6.34. The number of halogens is 1. The fourth-order valence-electron chi connectivity index (χ4n) is 1.31. The molecular weight excluding hydrogens is 173 g/mol. The Balaban J connectivity index is 2.80. The van der Waals surface area contributed by atoms with Gasteiger partial charge >= 0.3 is 0 Å². The Kier molecular flexibility index (Phi) is 1.81. The molecule has 0 radical (unpaired) electrons. The minimum atomic E-state index is -0.208. The zero-order chi connectivity index (χ0) is 8.55. The van der Waals surface area contributed by atoms with Crippen LogP contribution in [0.1, 0.15) is 5.56 Å². The van der Waals surface area contributed by atoms with Gasteiger partial charge in [0.2, 0.25) is 0 Å². The Bertz CT molecular complexity index is 408. The number of aromatic amines is 1. The summed E-state index contributed by atoms with van der Waals surface area (Å²) in [6.07, 6.45) is 1.79. The van der Waals surface area contributed by atoms with Crippen molar-refractivity contribution in [2.45, 2.75) is 5.75 Å². The van der Waals surface area contributed by atoms with Crippen LogP contribution >= 0.6 is 12.6 Å². The fourth-order valence-corrected chi connectivity index (χ4v) is 1.57. The number of thiol groups is 1. The maximum absolute atomic E-state index is 13.1. The van der Waals surface area contributed by atoms with Gasteiger partial charge in [-0.1, -0.05) is 12.1 Å². The highest BCUT2D eigenvalue weighted by molar-refractivity contribution is 7.79. The van der Waals surface area contributed by atoms with Crippen molar-refractivity contribution in [3.63, 3.8) is 0 Å². The van der Waals surface area contributed by atoms with Gasteiger partial charge in [0.15, 0.2) is 0 Å². The number of rotatable bonds is 1. The molecule has 3 heteroatoms. The average Bonchev–Trinajstić information content (AvgIpc) is 2.49. The predicted molar refractivity (Wildman–Crippen MR) is 50.9 cm³/mol. The van der Waals surface area contributed by atoms with Gasteiger partial charge in [-0.3, -0.25) is 0 Å². The standard InChI is InChI=1S/C9H8FNS/c10-8-3-1-2-7-6(5-12)4-11-9(7)8/h1-4,11-12H,5H2. The molecule has 1 nitrogen and oxygen atoms in total. The molecule has 1 aromatic carbocycles. The van der Waals surface area contributed by atoms with Crippen molar-refractivity contribution in [3.8, 4) is 0 Å². The number of nitrogens with one attached hydrogen (secondary N) is 1. The van der Waals surface area contributed by atoms with E-state index >= 15 is 0 Å². The summed E-state index contributed by atoms with van der Waals surface area (Å²) in [4.78, 5) is 2.88. The van der Waals surface area contributed by atoms with E-state index in [4.69, 9.17) is 0 Å². The normalized spacial score (nSPS) is 10.8. The van der Waals surface area contributed by atoms with Crippen LogP contribution in [0.3, 0.4) is 0 Å². The van der Waals surface area contributed by atoms with Crippen molar-refractivity contribution in [3.05, 3.63) is 35.8 Å². The molecule has 2 rings (SSSR count). The van der Waals surface area contributed by atoms with Gasteiger partial charge in [-0.15, -0.1) is 0 Å². The largest absolute Gasteiger partial charge is 0.358 e. The number of benzene rings is 1. The van der Waals surface area contributed by atoms with Crippen LogP contribution in [0.4, 0.5) is 4.39 Å². The van der Waals surface area contributed by atoms with E-state index in [9.17, 15) is 4.39 Å². The van der Waals surface area contributed by atoms with Gasteiger partial charge in [-0.2, -0.15) is 12.6 Å². The number of para-hydroxylation sites is 1. The molecule has 1 aromatic heterocycles. The Morgan fingerprint density at radius 3 is 3.00 bits per heavy atom. The maximum Gasteiger partial charge on any atom is 0.147 e. The van der Waals surface area contributed by atoms with E-state index in [-0.39, 0.29) is 5.82 Å². The minimum Gasteiger partial charge on any atom is -0.358 e. The van der Waals surface area contributed by atoms with Crippen molar-refractivity contribution >= 4 is 23.5 Å². The molecule has 2 aromatic rings. The Morgan fingerprint density at radius 2 is 2.25 bits per heavy atom. The van der Waals surface area contributed by atoms with Gasteiger partial charge in [-0.25, -0.2) is 4.39 Å². The lowest BCUT2D eigenvalue weighted by Gasteiger charge is -1.93. The second kappa shape index (κ2) is 2.83. The summed E-state index contributed by atoms with van der Waals surface area (Å²) in [5.41, 5.74) is 1.61. The van der Waals surface area contributed by atoms with E-state index in [2.05, 4.69) is 17.6 Å². The number of aromatic nitrogens is 1. The quantitative estimate of drug-likeness (QED) is 0.629. The molecule has 0 atom stereocenters. The lowest BCUT2D eigenvalue weighted by Crippen LogP contribution is -1.76. The van der Waals surface area contributed by atoms with Gasteiger partial charge in [0.05, 0.1) is 5.52 Å². The van der Waals surface area contributed by atoms with E-state index in [0.717, 1.165) is 10.9 Å². The molecule has 0 amide bonds. The molecule has 0 aliphatic rings. The third-order valence-electron chi connectivity index (χ3n) is 1.92. The topological polar surface area (TPSA) is 15.8 Å². The van der Waals surface area contributed by atoms with Crippen LogP contribution in [0.15, 0.2) is 24.4 Å². The molecule has 0 spiro atoms. The molecule has 0 aliphatic carbocycles. The Labute approximate surface area is 75.0 Å². The van der Waals surface area contributed by atoms with E-state index in [1.165, 1.54) is 6.07 Å². The second-order valence-corrected chi connectivity index (χ2v) is 2.95. The van der Waals surface area contributed by atoms with Crippen LogP contribution in [-0.2, 0) is 5.75 Å². The first-order valence-electron chi connectivity index (χ1n) is 3.68. The third-order valence-corrected chi connectivity index (χ3v) is 2.26. The van der Waals surface area contributed by atoms with Gasteiger partial charge in [0, 0.05) is 17.3 Å². The smallest absolute Gasteiger partial charge is 0.147 e. The van der Waals surface area contributed by atoms with Gasteiger partial charge < -0.3 is 4.98 Å². The minimum absolute atomic E-state index is 0.208. The van der Waals surface area contributed by atoms with Gasteiger partial charge in [0.1, 0.15) is 5.82 Å². The van der Waals surface area contributed by atoms with Crippen LogP contribution in [0.5, 0.6) is 0 Å². The summed E-state index contributed by atoms with van der Waals surface area (Å²) in [5.74, 6) is 0.421. The molecule has 0 unspecified atom stereocenters. The maximum atomic E-state index is 13.1. The third kappa shape index (κ3) is 1.01. The number of fused-ring (bicyclic) bond motifs is 1. The average molecular weight is 181 g/mol. The lowest BCUT2D eigenvalue weighted by molar-refractivity contribution is 0.637. The summed E-state index contributed by atoms with van der Waals surface area (Å²) < 4.78 is 13.1. The number of H-pyrrole nitrogens is 1. The Morgan fingerprint density at radius 1 is 1.42 bits per heavy atom. The highest BCUT2D eigenvalue weighted by Gasteiger charge is 2.04. The molecule has 1 N–H and O–H groups in total. The second-order valence-electron chi connectivity index (χ2n) is 2.63. The van der Waals surface area contributed by atoms with Crippen LogP contribution in [-0.4, -0.2) is 4.98 Å². The fraction of sp³-hybridized carbons (Fsp3) is 0.111. The van der Waals surface area contributed by atoms with E-state index < -0.39 is 0 Å². The molecule has 1 heterocycles. The number of hydrogen-bond donors (Lipinski definition) is 2. The van der Waals surface area contributed by atoms with Crippen molar-refractivity contribution in [2.24, 2.45) is 0 Å². The highest BCUT2D eigenvalue weighted by atomic mass is 32.1. The van der Waals surface area contributed by atoms with E-state index in [1.54, 1.807) is 12.3 Å². The van der Waals surface area contributed by atoms with Crippen molar-refractivity contribution in [1.82, 2.24) is 4.98 Å². The first-order chi connectivity index (χ1) is 5.83. The van der Waals surface area contributed by atoms with Crippen LogP contribution < -0.4 is 0 Å². The molecule has 0 fully saturated rings. The molecule has 0 aliphatic heterocycles. The predicted octanol–water partition coefficient (Wildman–Crippen LogP) is 2.74. The summed E-state index contributed by atoms with van der Waals surface area (Å²) >= 11 is 4.14. The first kappa shape index (κ1) is 7.68. The number of hydrogen-bond acceptors (Lipinski definition) is 1. The van der Waals surface area contributed by atoms with E-state index in [0.29, 0.717) is 11.3 Å². The molecule has 62 valence electrons. The van der Waals surface area contributed by atoms with Crippen molar-refractivity contribution in [2.75, 3.05) is 0 Å². The molecule has 0 saturated heterocycles. The summed E-state index contributed by atoms with van der Waals surface area (Å²) in [6.45, 7) is 0. The van der Waals surface area contributed by atoms with Gasteiger partial charge in [-0.05, 0) is 11.6 Å². The van der Waals surface area contributed by atoms with Crippen LogP contribution in [0.25, 0.3) is 10.9 Å². The molecular formula is C9H8FNS. The highest BCUT2D eigenvalue weighted by Crippen LogP contribution is 2.21. The van der Waals surface area contributed by atoms with Crippen molar-refractivity contribution in [1.29, 1.82) is 0 Å². The molecule has 0 bridgehead atoms. The van der Waals surface area contributed by atoms with Crippen LogP contribution in [0, 0.1) is 5.82 Å². The monoisotopic (exact) mass is 181 g/mol.